The Morgan fingerprint density at radius 2 is 0.704 bits per heavy atom. The van der Waals surface area contributed by atoms with Crippen molar-refractivity contribution >= 4 is 22.9 Å². The Morgan fingerprint density at radius 1 is 0.444 bits per heavy atom. The third-order valence-electron chi connectivity index (χ3n) is 5.71. The van der Waals surface area contributed by atoms with Gasteiger partial charge in [0.15, 0.2) is 11.6 Å². The van der Waals surface area contributed by atoms with Gasteiger partial charge in [-0.25, -0.2) is 0 Å². The van der Waals surface area contributed by atoms with Crippen LogP contribution in [0.3, 0.4) is 0 Å². The topological polar surface area (TPSA) is 34.1 Å². The van der Waals surface area contributed by atoms with E-state index in [1.54, 1.807) is 0 Å². The van der Waals surface area contributed by atoms with Crippen LogP contribution in [0.2, 0.25) is 0 Å². The fourth-order valence-corrected chi connectivity index (χ4v) is 4.87. The molecule has 0 radical (unpaired) electrons. The summed E-state index contributed by atoms with van der Waals surface area (Å²) in [6.45, 7) is 0. The first-order chi connectivity index (χ1) is 13.3. The van der Waals surface area contributed by atoms with E-state index in [4.69, 9.17) is 0 Å². The van der Waals surface area contributed by atoms with Gasteiger partial charge in [-0.15, -0.1) is 11.3 Å². The highest BCUT2D eigenvalue weighted by atomic mass is 32.1. The Kier molecular flexibility index (Phi) is 11.7. The van der Waals surface area contributed by atoms with Crippen molar-refractivity contribution in [3.8, 4) is 0 Å². The Hall–Kier alpha value is -0.960. The van der Waals surface area contributed by atoms with Gasteiger partial charge in [-0.1, -0.05) is 89.9 Å². The summed E-state index contributed by atoms with van der Waals surface area (Å²) in [5.41, 5.74) is 0. The van der Waals surface area contributed by atoms with E-state index in [0.717, 1.165) is 35.4 Å². The maximum atomic E-state index is 12.3. The predicted molar refractivity (Wildman–Crippen MR) is 116 cm³/mol. The molecule has 152 valence electrons. The minimum Gasteiger partial charge on any atom is -0.293 e. The molecule has 27 heavy (non-hydrogen) atoms. The molecule has 0 atom stereocenters. The van der Waals surface area contributed by atoms with E-state index < -0.39 is 0 Å². The molecule has 0 unspecified atom stereocenters. The normalized spacial score (nSPS) is 21.0. The number of hydrogen-bond donors (Lipinski definition) is 0. The lowest BCUT2D eigenvalue weighted by atomic mass is 10.0. The highest BCUT2D eigenvalue weighted by Gasteiger charge is 2.13. The zero-order chi connectivity index (χ0) is 19.2. The molecule has 0 spiro atoms. The average Bonchev–Trinajstić information content (AvgIpc) is 3.16. The molecule has 1 aliphatic rings. The monoisotopic (exact) mass is 390 g/mol. The number of carbonyl (C=O) groups is 2. The van der Waals surface area contributed by atoms with E-state index in [1.807, 2.05) is 12.1 Å². The molecule has 2 bridgehead atoms. The third kappa shape index (κ3) is 9.69. The number of Topliss-reactive ketones (excluding diaryl/α,β-unsaturated/α-hetero) is 2. The smallest absolute Gasteiger partial charge is 0.172 e. The molecule has 0 N–H and O–H groups in total. The van der Waals surface area contributed by atoms with E-state index >= 15 is 0 Å². The Balaban J connectivity index is 1.77. The second kappa shape index (κ2) is 14.1. The molecule has 2 heterocycles. The van der Waals surface area contributed by atoms with E-state index in [2.05, 4.69) is 0 Å². The summed E-state index contributed by atoms with van der Waals surface area (Å²) >= 11 is 1.41. The molecule has 0 amide bonds. The zero-order valence-corrected chi connectivity index (χ0v) is 17.9. The van der Waals surface area contributed by atoms with Crippen LogP contribution in [0.1, 0.15) is 135 Å². The first-order valence-electron chi connectivity index (χ1n) is 11.4. The van der Waals surface area contributed by atoms with Crippen LogP contribution < -0.4 is 0 Å². The molecule has 0 aliphatic carbocycles. The number of hydrogen-bond acceptors (Lipinski definition) is 3. The largest absolute Gasteiger partial charge is 0.293 e. The van der Waals surface area contributed by atoms with Crippen molar-refractivity contribution in [2.45, 2.75) is 116 Å². The van der Waals surface area contributed by atoms with Crippen LogP contribution in [0, 0.1) is 0 Å². The summed E-state index contributed by atoms with van der Waals surface area (Å²) in [6.07, 6.45) is 21.7. The van der Waals surface area contributed by atoms with Crippen LogP contribution in [0.15, 0.2) is 12.1 Å². The van der Waals surface area contributed by atoms with Crippen molar-refractivity contribution < 1.29 is 9.59 Å². The van der Waals surface area contributed by atoms with E-state index in [-0.39, 0.29) is 11.6 Å². The van der Waals surface area contributed by atoms with Crippen molar-refractivity contribution in [1.29, 1.82) is 0 Å². The number of rotatable bonds is 0. The fraction of sp³-hybridized carbons (Fsp3) is 0.750. The van der Waals surface area contributed by atoms with E-state index in [1.165, 1.54) is 88.4 Å². The van der Waals surface area contributed by atoms with E-state index in [9.17, 15) is 9.59 Å². The van der Waals surface area contributed by atoms with Gasteiger partial charge in [-0.05, 0) is 25.0 Å². The van der Waals surface area contributed by atoms with Gasteiger partial charge in [0.1, 0.15) is 0 Å². The lowest BCUT2D eigenvalue weighted by molar-refractivity contribution is 0.0976. The van der Waals surface area contributed by atoms with Gasteiger partial charge in [0.25, 0.3) is 0 Å². The standard InChI is InChI=1S/C24H38O2S/c25-21-17-15-13-11-9-7-5-3-1-2-4-6-8-10-12-14-16-18-22(26)24-20-19-23(21)27-24/h19-20H,1-18H2. The molecule has 2 rings (SSSR count). The molecule has 0 saturated heterocycles. The minimum atomic E-state index is 0.220. The summed E-state index contributed by atoms with van der Waals surface area (Å²) in [4.78, 5) is 26.2. The molecule has 1 aromatic heterocycles. The van der Waals surface area contributed by atoms with Crippen molar-refractivity contribution in [2.75, 3.05) is 0 Å². The highest BCUT2D eigenvalue weighted by molar-refractivity contribution is 7.16. The third-order valence-corrected chi connectivity index (χ3v) is 6.88. The van der Waals surface area contributed by atoms with Crippen LogP contribution in [0.25, 0.3) is 0 Å². The van der Waals surface area contributed by atoms with Crippen LogP contribution in [0.4, 0.5) is 0 Å². The summed E-state index contributed by atoms with van der Waals surface area (Å²) in [7, 11) is 0. The minimum absolute atomic E-state index is 0.220. The summed E-state index contributed by atoms with van der Waals surface area (Å²) in [6, 6.07) is 3.72. The highest BCUT2D eigenvalue weighted by Crippen LogP contribution is 2.22. The molecule has 0 saturated carbocycles. The molecule has 0 aromatic carbocycles. The fourth-order valence-electron chi connectivity index (χ4n) is 3.93. The molecule has 2 nitrogen and oxygen atoms in total. The molecular weight excluding hydrogens is 352 g/mol. The Labute approximate surface area is 170 Å². The van der Waals surface area contributed by atoms with Crippen LogP contribution in [0.5, 0.6) is 0 Å². The van der Waals surface area contributed by atoms with Crippen LogP contribution >= 0.6 is 11.3 Å². The van der Waals surface area contributed by atoms with Gasteiger partial charge in [0.2, 0.25) is 0 Å². The molecular formula is C24H38O2S. The SMILES string of the molecule is O=C1CCCCCCCCCCCCCCCCCCC(=O)c2ccc1s2. The first-order valence-corrected chi connectivity index (χ1v) is 12.3. The second-order valence-electron chi connectivity index (χ2n) is 8.17. The quantitative estimate of drug-likeness (QED) is 0.448. The van der Waals surface area contributed by atoms with Crippen molar-refractivity contribution in [1.82, 2.24) is 0 Å². The summed E-state index contributed by atoms with van der Waals surface area (Å²) in [5.74, 6) is 0.440. The number of ketones is 2. The van der Waals surface area contributed by atoms with Crippen LogP contribution in [-0.4, -0.2) is 11.6 Å². The van der Waals surface area contributed by atoms with Crippen molar-refractivity contribution in [3.05, 3.63) is 21.9 Å². The second-order valence-corrected chi connectivity index (χ2v) is 9.25. The number of fused-ring (bicyclic) bond motifs is 2. The maximum Gasteiger partial charge on any atom is 0.172 e. The number of carbonyl (C=O) groups excluding carboxylic acids is 2. The van der Waals surface area contributed by atoms with Gasteiger partial charge in [0, 0.05) is 12.8 Å². The van der Waals surface area contributed by atoms with Crippen molar-refractivity contribution in [3.63, 3.8) is 0 Å². The average molecular weight is 391 g/mol. The summed E-state index contributed by atoms with van der Waals surface area (Å²) < 4.78 is 0. The predicted octanol–water partition coefficient (Wildman–Crippen LogP) is 8.15. The lowest BCUT2D eigenvalue weighted by Crippen LogP contribution is -1.97. The van der Waals surface area contributed by atoms with Crippen molar-refractivity contribution in [2.24, 2.45) is 0 Å². The Morgan fingerprint density at radius 3 is 1.00 bits per heavy atom. The molecule has 1 aliphatic heterocycles. The molecule has 3 heteroatoms. The van der Waals surface area contributed by atoms with Gasteiger partial charge in [-0.2, -0.15) is 0 Å². The molecule has 1 aromatic rings. The maximum absolute atomic E-state index is 12.3. The first kappa shape index (κ1) is 22.3. The number of thiophene rings is 1. The van der Waals surface area contributed by atoms with Gasteiger partial charge >= 0.3 is 0 Å². The van der Waals surface area contributed by atoms with Gasteiger partial charge in [-0.3, -0.25) is 9.59 Å². The van der Waals surface area contributed by atoms with E-state index in [0.29, 0.717) is 12.8 Å². The van der Waals surface area contributed by atoms with Crippen LogP contribution in [-0.2, 0) is 0 Å². The Bertz CT molecular complexity index is 500. The van der Waals surface area contributed by atoms with Gasteiger partial charge < -0.3 is 0 Å². The van der Waals surface area contributed by atoms with Gasteiger partial charge in [0.05, 0.1) is 9.75 Å². The zero-order valence-electron chi connectivity index (χ0n) is 17.1. The lowest BCUT2D eigenvalue weighted by Gasteiger charge is -2.03. The summed E-state index contributed by atoms with van der Waals surface area (Å²) in [5, 5.41) is 0. The molecule has 0 fully saturated rings.